The number of carbonyl (C=O) groups is 10. The number of ether oxygens (including phenoxy) is 4. The quantitative estimate of drug-likeness (QED) is 0.0285. The SMILES string of the molecule is C.C.C.CN(CCOc1ccc(CC2SC(=O)NC2=O)cc1)c1ccccn1.CN(CCOc1ccc(CC2SC(=O)NC2=O)cc1)c1ccccn1.CN(CCOc1ccc(CC2SC(=O)NC2=O)cc1)c1ccccn1.CN(CCOc1ccc(CC2SC(=O)NC2=O)cc1)c1ccccn1.O=C([O-])C(=O)O.[H+]. The number of carbonyl (C=O) groups excluding carboxylic acids is 9. The number of thioether (sulfide) groups is 4. The molecule has 4 aromatic carbocycles. The van der Waals surface area contributed by atoms with E-state index in [2.05, 4.69) is 41.2 Å². The van der Waals surface area contributed by atoms with Crippen molar-refractivity contribution >= 4 is 127 Å². The number of imide groups is 4. The molecule has 4 atom stereocenters. The largest absolute Gasteiger partial charge is 1.00 e. The molecule has 8 heterocycles. The summed E-state index contributed by atoms with van der Waals surface area (Å²) < 4.78 is 23.0. The standard InChI is InChI=1S/4C18H19N3O3S.C2H2O4.3CH4/c4*1-21(16-4-2-3-9-19-16)10-11-24-14-7-5-13(6-8-14)12-15-17(22)20-18(23)25-15;3-1(4)2(5)6;;;/h4*2-9,15H,10-12H2,1H3,(H,20,22,23);(H,3,4)(H,5,6);3*1H4. The molecule has 8 aromatic rings. The van der Waals surface area contributed by atoms with Crippen LogP contribution in [0.1, 0.15) is 46.0 Å². The average molecular weight is 1570 g/mol. The molecule has 5 N–H and O–H groups in total. The summed E-state index contributed by atoms with van der Waals surface area (Å²) in [5.74, 6) is 1.86. The number of rotatable bonds is 28. The fourth-order valence-corrected chi connectivity index (χ4v) is 13.3. The van der Waals surface area contributed by atoms with Crippen LogP contribution in [-0.4, -0.2) is 183 Å². The molecule has 8 amide bonds. The molecule has 0 bridgehead atoms. The summed E-state index contributed by atoms with van der Waals surface area (Å²) in [7, 11) is 7.89. The van der Waals surface area contributed by atoms with E-state index in [0.717, 1.165) is 142 Å². The predicted molar refractivity (Wildman–Crippen MR) is 426 cm³/mol. The van der Waals surface area contributed by atoms with Crippen molar-refractivity contribution in [1.29, 1.82) is 0 Å². The number of aliphatic carboxylic acids is 2. The Hall–Kier alpha value is -11.2. The summed E-state index contributed by atoms with van der Waals surface area (Å²) in [6.07, 6.45) is 9.19. The molecule has 4 aromatic heterocycles. The van der Waals surface area contributed by atoms with Crippen molar-refractivity contribution in [2.24, 2.45) is 0 Å². The zero-order valence-electron chi connectivity index (χ0n) is 59.1. The zero-order valence-corrected chi connectivity index (χ0v) is 61.3. The van der Waals surface area contributed by atoms with Gasteiger partial charge in [-0.05, 0) is 145 Å². The fraction of sp³-hybridized carbons (Fsp3) is 0.299. The van der Waals surface area contributed by atoms with Gasteiger partial charge in [0.25, 0.3) is 21.0 Å². The lowest BCUT2D eigenvalue weighted by Crippen LogP contribution is -2.30. The first-order chi connectivity index (χ1) is 51.1. The van der Waals surface area contributed by atoms with Crippen LogP contribution in [0.4, 0.5) is 42.4 Å². The highest BCUT2D eigenvalue weighted by Gasteiger charge is 2.34. The first-order valence-corrected chi connectivity index (χ1v) is 36.5. The van der Waals surface area contributed by atoms with E-state index in [0.29, 0.717) is 52.1 Å². The van der Waals surface area contributed by atoms with Crippen molar-refractivity contribution < 1.29 is 78.5 Å². The molecule has 0 saturated carbocycles. The highest BCUT2D eigenvalue weighted by molar-refractivity contribution is 8.16. The fourth-order valence-electron chi connectivity index (χ4n) is 9.83. The van der Waals surface area contributed by atoms with Crippen LogP contribution in [0.2, 0.25) is 0 Å². The van der Waals surface area contributed by atoms with Gasteiger partial charge in [-0.15, -0.1) is 0 Å². The second kappa shape index (κ2) is 46.1. The van der Waals surface area contributed by atoms with Gasteiger partial charge in [-0.2, -0.15) is 0 Å². The molecule has 28 nitrogen and oxygen atoms in total. The van der Waals surface area contributed by atoms with E-state index in [-0.39, 0.29) is 89.3 Å². The van der Waals surface area contributed by atoms with E-state index in [1.807, 2.05) is 218 Å². The maximum Gasteiger partial charge on any atom is 1.00 e. The van der Waals surface area contributed by atoms with E-state index in [9.17, 15) is 38.4 Å². The third-order valence-electron chi connectivity index (χ3n) is 15.6. The van der Waals surface area contributed by atoms with Gasteiger partial charge in [0.15, 0.2) is 5.97 Å². The number of aromatic nitrogens is 4. The lowest BCUT2D eigenvalue weighted by Gasteiger charge is -2.18. The lowest BCUT2D eigenvalue weighted by atomic mass is 10.1. The van der Waals surface area contributed by atoms with Crippen molar-refractivity contribution in [1.82, 2.24) is 41.2 Å². The highest BCUT2D eigenvalue weighted by Crippen LogP contribution is 2.28. The van der Waals surface area contributed by atoms with Gasteiger partial charge in [-0.3, -0.25) is 59.6 Å². The molecule has 32 heteroatoms. The topological polar surface area (TPSA) is 364 Å². The minimum Gasteiger partial charge on any atom is -0.539 e. The Morgan fingerprint density at radius 3 is 0.706 bits per heavy atom. The number of carboxylic acid groups (broad SMARTS) is 2. The summed E-state index contributed by atoms with van der Waals surface area (Å²) in [4.78, 5) is 134. The number of benzene rings is 4. The molecule has 4 saturated heterocycles. The maximum atomic E-state index is 11.6. The monoisotopic (exact) mass is 1570 g/mol. The lowest BCUT2D eigenvalue weighted by molar-refractivity contribution is -0.303. The first-order valence-electron chi connectivity index (χ1n) is 33.0. The smallest absolute Gasteiger partial charge is 0.539 e. The van der Waals surface area contributed by atoms with Crippen molar-refractivity contribution in [2.45, 2.75) is 69.0 Å². The number of amides is 8. The van der Waals surface area contributed by atoms with Crippen molar-refractivity contribution in [3.8, 4) is 23.0 Å². The number of nitrogens with zero attached hydrogens (tertiary/aromatic N) is 8. The van der Waals surface area contributed by atoms with Crippen molar-refractivity contribution in [3.63, 3.8) is 0 Å². The zero-order chi connectivity index (χ0) is 75.7. The van der Waals surface area contributed by atoms with Gasteiger partial charge in [-0.25, -0.2) is 24.7 Å². The number of hydrogen-bond acceptors (Lipinski definition) is 27. The summed E-state index contributed by atoms with van der Waals surface area (Å²) in [6, 6.07) is 53.7. The van der Waals surface area contributed by atoms with Crippen LogP contribution in [0.3, 0.4) is 0 Å². The molecular formula is C77H90N12O16S4. The Morgan fingerprint density at radius 1 is 0.367 bits per heavy atom. The van der Waals surface area contributed by atoms with Crippen LogP contribution < -0.4 is 64.9 Å². The number of likely N-dealkylation sites (N-methyl/N-ethyl adjacent to an activating group) is 4. The highest BCUT2D eigenvalue weighted by atomic mass is 32.2. The minimum atomic E-state index is -2.07. The maximum absolute atomic E-state index is 11.6. The van der Waals surface area contributed by atoms with Crippen molar-refractivity contribution in [3.05, 3.63) is 217 Å². The molecule has 0 radical (unpaired) electrons. The summed E-state index contributed by atoms with van der Waals surface area (Å²) in [6.45, 7) is 5.06. The molecule has 12 rings (SSSR count). The van der Waals surface area contributed by atoms with Crippen LogP contribution in [0.5, 0.6) is 23.0 Å². The van der Waals surface area contributed by atoms with E-state index in [1.165, 1.54) is 0 Å². The Morgan fingerprint density at radius 2 is 0.560 bits per heavy atom. The van der Waals surface area contributed by atoms with E-state index in [4.69, 9.17) is 38.7 Å². The number of pyridine rings is 4. The van der Waals surface area contributed by atoms with Gasteiger partial charge in [0.05, 0.1) is 47.2 Å². The molecule has 4 unspecified atom stereocenters. The molecule has 0 spiro atoms. The summed E-state index contributed by atoms with van der Waals surface area (Å²) in [5.41, 5.74) is 4.00. The number of hydrogen-bond donors (Lipinski definition) is 5. The van der Waals surface area contributed by atoms with Crippen LogP contribution in [0.25, 0.3) is 0 Å². The molecule has 4 aliphatic heterocycles. The molecule has 4 fully saturated rings. The van der Waals surface area contributed by atoms with Gasteiger partial charge in [0.2, 0.25) is 23.6 Å². The van der Waals surface area contributed by atoms with Crippen LogP contribution in [0.15, 0.2) is 195 Å². The van der Waals surface area contributed by atoms with Crippen LogP contribution in [-0.2, 0) is 54.5 Å². The van der Waals surface area contributed by atoms with Crippen LogP contribution >= 0.6 is 47.0 Å². The molecule has 109 heavy (non-hydrogen) atoms. The molecule has 0 aliphatic carbocycles. The second-order valence-corrected chi connectivity index (χ2v) is 28.1. The number of anilines is 4. The van der Waals surface area contributed by atoms with Gasteiger partial charge in [-0.1, -0.05) is 142 Å². The van der Waals surface area contributed by atoms with Gasteiger partial charge in [0, 0.05) is 53.0 Å². The average Bonchev–Trinajstić information content (AvgIpc) is 1.72. The Balaban J connectivity index is 0.000000298. The second-order valence-electron chi connectivity index (χ2n) is 23.3. The molecule has 4 aliphatic rings. The summed E-state index contributed by atoms with van der Waals surface area (Å²) >= 11 is 4.18. The first kappa shape index (κ1) is 88.4. The van der Waals surface area contributed by atoms with E-state index < -0.39 is 11.9 Å². The van der Waals surface area contributed by atoms with Gasteiger partial charge < -0.3 is 53.6 Å². The Kier molecular flexibility index (Phi) is 37.4. The van der Waals surface area contributed by atoms with Crippen molar-refractivity contribution in [2.75, 3.05) is 100 Å². The normalized spacial score (nSPS) is 15.6. The van der Waals surface area contributed by atoms with Gasteiger partial charge >= 0.3 is 7.40 Å². The Labute approximate surface area is 652 Å². The number of carboxylic acids is 2. The Bertz CT molecular complexity index is 3690. The van der Waals surface area contributed by atoms with E-state index in [1.54, 1.807) is 24.8 Å². The van der Waals surface area contributed by atoms with Gasteiger partial charge in [0.1, 0.15) is 72.7 Å². The third kappa shape index (κ3) is 30.5. The third-order valence-corrected chi connectivity index (χ3v) is 19.5. The summed E-state index contributed by atoms with van der Waals surface area (Å²) in [5, 5.41) is 23.1. The number of nitrogens with one attached hydrogen (secondary N) is 4. The van der Waals surface area contributed by atoms with E-state index >= 15 is 0 Å². The predicted octanol–water partition coefficient (Wildman–Crippen LogP) is 9.81. The molecule has 578 valence electrons. The minimum absolute atomic E-state index is 0. The van der Waals surface area contributed by atoms with Crippen LogP contribution in [0, 0.1) is 0 Å². The molecular weight excluding hydrogens is 1480 g/mol.